The summed E-state index contributed by atoms with van der Waals surface area (Å²) in [7, 11) is 0. The SMILES string of the molecule is CCC(=O)Nc1ccc(Nc2c(F)cccc2F)cn1. The Balaban J connectivity index is 2.13. The molecule has 2 N–H and O–H groups in total. The fourth-order valence-electron chi connectivity index (χ4n) is 1.53. The molecule has 104 valence electrons. The number of nitrogens with one attached hydrogen (secondary N) is 2. The molecular weight excluding hydrogens is 264 g/mol. The highest BCUT2D eigenvalue weighted by Gasteiger charge is 2.08. The van der Waals surface area contributed by atoms with Crippen molar-refractivity contribution >= 4 is 23.1 Å². The Morgan fingerprint density at radius 2 is 1.90 bits per heavy atom. The number of nitrogens with zero attached hydrogens (tertiary/aromatic N) is 1. The van der Waals surface area contributed by atoms with Crippen molar-refractivity contribution in [3.8, 4) is 0 Å². The summed E-state index contributed by atoms with van der Waals surface area (Å²) in [5, 5.41) is 5.19. The Labute approximate surface area is 114 Å². The van der Waals surface area contributed by atoms with E-state index >= 15 is 0 Å². The number of amides is 1. The number of anilines is 3. The molecule has 0 spiro atoms. The van der Waals surface area contributed by atoms with Crippen molar-refractivity contribution in [2.24, 2.45) is 0 Å². The van der Waals surface area contributed by atoms with E-state index in [1.54, 1.807) is 19.1 Å². The summed E-state index contributed by atoms with van der Waals surface area (Å²) in [5.74, 6) is -1.14. The van der Waals surface area contributed by atoms with Gasteiger partial charge in [0.05, 0.1) is 11.9 Å². The molecule has 1 aromatic carbocycles. The molecule has 0 bridgehead atoms. The number of aromatic nitrogens is 1. The maximum absolute atomic E-state index is 13.5. The second-order valence-electron chi connectivity index (χ2n) is 4.06. The van der Waals surface area contributed by atoms with Crippen molar-refractivity contribution < 1.29 is 13.6 Å². The van der Waals surface area contributed by atoms with Gasteiger partial charge in [0.1, 0.15) is 23.1 Å². The maximum Gasteiger partial charge on any atom is 0.225 e. The molecule has 2 aromatic rings. The van der Waals surface area contributed by atoms with Gasteiger partial charge in [0, 0.05) is 6.42 Å². The fourth-order valence-corrected chi connectivity index (χ4v) is 1.53. The number of rotatable bonds is 4. The molecule has 2 rings (SSSR count). The zero-order valence-electron chi connectivity index (χ0n) is 10.8. The summed E-state index contributed by atoms with van der Waals surface area (Å²) < 4.78 is 26.9. The van der Waals surface area contributed by atoms with Crippen LogP contribution in [0, 0.1) is 11.6 Å². The minimum atomic E-state index is -0.687. The van der Waals surface area contributed by atoms with Crippen molar-refractivity contribution in [1.82, 2.24) is 4.98 Å². The first-order valence-electron chi connectivity index (χ1n) is 6.07. The highest BCUT2D eigenvalue weighted by Crippen LogP contribution is 2.23. The Kier molecular flexibility index (Phi) is 4.24. The highest BCUT2D eigenvalue weighted by atomic mass is 19.1. The van der Waals surface area contributed by atoms with E-state index < -0.39 is 11.6 Å². The zero-order valence-corrected chi connectivity index (χ0v) is 10.8. The first-order valence-corrected chi connectivity index (χ1v) is 6.07. The van der Waals surface area contributed by atoms with Gasteiger partial charge in [0.15, 0.2) is 0 Å². The van der Waals surface area contributed by atoms with Crippen LogP contribution < -0.4 is 10.6 Å². The lowest BCUT2D eigenvalue weighted by Gasteiger charge is -2.09. The van der Waals surface area contributed by atoms with Gasteiger partial charge in [-0.1, -0.05) is 13.0 Å². The Bertz CT molecular complexity index is 594. The highest BCUT2D eigenvalue weighted by molar-refractivity contribution is 5.89. The van der Waals surface area contributed by atoms with Crippen molar-refractivity contribution in [3.63, 3.8) is 0 Å². The minimum absolute atomic E-state index is 0.154. The molecule has 1 aromatic heterocycles. The second kappa shape index (κ2) is 6.10. The van der Waals surface area contributed by atoms with Crippen molar-refractivity contribution in [2.75, 3.05) is 10.6 Å². The van der Waals surface area contributed by atoms with Crippen LogP contribution in [-0.4, -0.2) is 10.9 Å². The quantitative estimate of drug-likeness (QED) is 0.900. The smallest absolute Gasteiger partial charge is 0.225 e. The first kappa shape index (κ1) is 13.9. The van der Waals surface area contributed by atoms with Crippen LogP contribution in [0.2, 0.25) is 0 Å². The lowest BCUT2D eigenvalue weighted by atomic mass is 10.2. The van der Waals surface area contributed by atoms with E-state index in [-0.39, 0.29) is 11.6 Å². The summed E-state index contributed by atoms with van der Waals surface area (Å²) >= 11 is 0. The monoisotopic (exact) mass is 277 g/mol. The molecule has 0 aliphatic carbocycles. The van der Waals surface area contributed by atoms with E-state index in [0.717, 1.165) is 12.1 Å². The number of hydrogen-bond donors (Lipinski definition) is 2. The molecule has 0 atom stereocenters. The Morgan fingerprint density at radius 1 is 1.20 bits per heavy atom. The molecule has 20 heavy (non-hydrogen) atoms. The normalized spacial score (nSPS) is 10.2. The second-order valence-corrected chi connectivity index (χ2v) is 4.06. The molecule has 0 aliphatic rings. The number of carbonyl (C=O) groups is 1. The molecule has 0 fully saturated rings. The summed E-state index contributed by atoms with van der Waals surface area (Å²) in [4.78, 5) is 15.2. The fraction of sp³-hybridized carbons (Fsp3) is 0.143. The number of hydrogen-bond acceptors (Lipinski definition) is 3. The lowest BCUT2D eigenvalue weighted by molar-refractivity contribution is -0.115. The third-order valence-corrected chi connectivity index (χ3v) is 2.58. The zero-order chi connectivity index (χ0) is 14.5. The predicted molar refractivity (Wildman–Crippen MR) is 72.8 cm³/mol. The van der Waals surface area contributed by atoms with Crippen LogP contribution in [0.3, 0.4) is 0 Å². The molecule has 0 saturated heterocycles. The van der Waals surface area contributed by atoms with Gasteiger partial charge in [0.25, 0.3) is 0 Å². The van der Waals surface area contributed by atoms with Gasteiger partial charge in [-0.05, 0) is 24.3 Å². The van der Waals surface area contributed by atoms with Gasteiger partial charge < -0.3 is 10.6 Å². The van der Waals surface area contributed by atoms with Gasteiger partial charge in [-0.3, -0.25) is 4.79 Å². The van der Waals surface area contributed by atoms with E-state index in [2.05, 4.69) is 15.6 Å². The summed E-state index contributed by atoms with van der Waals surface area (Å²) in [5.41, 5.74) is 0.183. The van der Waals surface area contributed by atoms with Crippen LogP contribution in [0.4, 0.5) is 26.0 Å². The average molecular weight is 277 g/mol. The van der Waals surface area contributed by atoms with Gasteiger partial charge in [0.2, 0.25) is 5.91 Å². The van der Waals surface area contributed by atoms with Crippen molar-refractivity contribution in [1.29, 1.82) is 0 Å². The van der Waals surface area contributed by atoms with E-state index in [4.69, 9.17) is 0 Å². The molecule has 0 saturated carbocycles. The topological polar surface area (TPSA) is 54.0 Å². The van der Waals surface area contributed by atoms with Crippen LogP contribution in [-0.2, 0) is 4.79 Å². The Hall–Kier alpha value is -2.50. The summed E-state index contributed by atoms with van der Waals surface area (Å²) in [6, 6.07) is 6.74. The van der Waals surface area contributed by atoms with Crippen molar-refractivity contribution in [3.05, 3.63) is 48.2 Å². The standard InChI is InChI=1S/C14H13F2N3O/c1-2-13(20)19-12-7-6-9(8-17-12)18-14-10(15)4-3-5-11(14)16/h3-8,18H,2H2,1H3,(H,17,19,20). The van der Waals surface area contributed by atoms with Gasteiger partial charge >= 0.3 is 0 Å². The molecule has 0 unspecified atom stereocenters. The van der Waals surface area contributed by atoms with E-state index in [1.165, 1.54) is 12.3 Å². The van der Waals surface area contributed by atoms with Crippen LogP contribution in [0.15, 0.2) is 36.5 Å². The molecular formula is C14H13F2N3O. The molecule has 1 heterocycles. The van der Waals surface area contributed by atoms with E-state index in [0.29, 0.717) is 17.9 Å². The molecule has 0 radical (unpaired) electrons. The van der Waals surface area contributed by atoms with E-state index in [1.807, 2.05) is 0 Å². The van der Waals surface area contributed by atoms with Crippen LogP contribution >= 0.6 is 0 Å². The number of pyridine rings is 1. The maximum atomic E-state index is 13.5. The summed E-state index contributed by atoms with van der Waals surface area (Å²) in [6.45, 7) is 1.73. The lowest BCUT2D eigenvalue weighted by Crippen LogP contribution is -2.10. The number of para-hydroxylation sites is 1. The number of carbonyl (C=O) groups excluding carboxylic acids is 1. The van der Waals surface area contributed by atoms with Crippen LogP contribution in [0.5, 0.6) is 0 Å². The minimum Gasteiger partial charge on any atom is -0.349 e. The van der Waals surface area contributed by atoms with Crippen LogP contribution in [0.25, 0.3) is 0 Å². The van der Waals surface area contributed by atoms with Crippen molar-refractivity contribution in [2.45, 2.75) is 13.3 Å². The predicted octanol–water partition coefficient (Wildman–Crippen LogP) is 3.45. The van der Waals surface area contributed by atoms with Gasteiger partial charge in [-0.25, -0.2) is 13.8 Å². The third-order valence-electron chi connectivity index (χ3n) is 2.58. The first-order chi connectivity index (χ1) is 9.60. The number of benzene rings is 1. The molecule has 0 aliphatic heterocycles. The van der Waals surface area contributed by atoms with Crippen LogP contribution in [0.1, 0.15) is 13.3 Å². The Morgan fingerprint density at radius 3 is 2.45 bits per heavy atom. The molecule has 6 heteroatoms. The number of halogens is 2. The molecule has 4 nitrogen and oxygen atoms in total. The largest absolute Gasteiger partial charge is 0.349 e. The summed E-state index contributed by atoms with van der Waals surface area (Å²) in [6.07, 6.45) is 1.74. The third kappa shape index (κ3) is 3.28. The molecule has 1 amide bonds. The van der Waals surface area contributed by atoms with Gasteiger partial charge in [-0.2, -0.15) is 0 Å². The van der Waals surface area contributed by atoms with E-state index in [9.17, 15) is 13.6 Å². The van der Waals surface area contributed by atoms with Gasteiger partial charge in [-0.15, -0.1) is 0 Å². The average Bonchev–Trinajstić information content (AvgIpc) is 2.44.